The van der Waals surface area contributed by atoms with Gasteiger partial charge in [-0.2, -0.15) is 0 Å². The van der Waals surface area contributed by atoms with Gasteiger partial charge in [-0.15, -0.1) is 0 Å². The van der Waals surface area contributed by atoms with E-state index in [4.69, 9.17) is 9.84 Å². The van der Waals surface area contributed by atoms with Crippen molar-refractivity contribution in [3.63, 3.8) is 0 Å². The summed E-state index contributed by atoms with van der Waals surface area (Å²) in [5.74, 6) is -1.39. The molecule has 0 spiro atoms. The third kappa shape index (κ3) is 10.5. The lowest BCUT2D eigenvalue weighted by Gasteiger charge is -2.03. The number of carboxylic acids is 1. The quantitative estimate of drug-likeness (QED) is 0.333. The summed E-state index contributed by atoms with van der Waals surface area (Å²) in [7, 11) is 0. The second kappa shape index (κ2) is 9.14. The minimum Gasteiger partial charge on any atom is -0.481 e. The molecule has 0 amide bonds. The number of ether oxygens (including phenoxy) is 2. The van der Waals surface area contributed by atoms with E-state index in [2.05, 4.69) is 4.74 Å². The zero-order valence-corrected chi connectivity index (χ0v) is 8.31. The van der Waals surface area contributed by atoms with Gasteiger partial charge in [0.25, 0.3) is 0 Å². The Morgan fingerprint density at radius 3 is 2.47 bits per heavy atom. The van der Waals surface area contributed by atoms with Crippen molar-refractivity contribution in [3.05, 3.63) is 0 Å². The third-order valence-electron chi connectivity index (χ3n) is 1.42. The second-order valence-electron chi connectivity index (χ2n) is 2.68. The Labute approximate surface area is 87.2 Å². The van der Waals surface area contributed by atoms with Gasteiger partial charge in [0.2, 0.25) is 0 Å². The Morgan fingerprint density at radius 1 is 1.13 bits per heavy atom. The fraction of sp³-hybridized carbons (Fsp3) is 0.667. The van der Waals surface area contributed by atoms with Crippen molar-refractivity contribution in [2.75, 3.05) is 19.8 Å². The van der Waals surface area contributed by atoms with Gasteiger partial charge in [-0.05, 0) is 0 Å². The van der Waals surface area contributed by atoms with Crippen LogP contribution in [-0.4, -0.2) is 43.2 Å². The topological polar surface area (TPSA) is 89.9 Å². The van der Waals surface area contributed by atoms with Gasteiger partial charge in [0.05, 0.1) is 26.1 Å². The molecular formula is C9H14O6. The van der Waals surface area contributed by atoms with E-state index in [0.29, 0.717) is 6.29 Å². The molecule has 0 aliphatic heterocycles. The first-order valence-corrected chi connectivity index (χ1v) is 4.55. The molecule has 86 valence electrons. The normalized spacial score (nSPS) is 9.60. The third-order valence-corrected chi connectivity index (χ3v) is 1.42. The number of esters is 1. The number of rotatable bonds is 9. The van der Waals surface area contributed by atoms with E-state index < -0.39 is 11.9 Å². The van der Waals surface area contributed by atoms with Crippen molar-refractivity contribution < 1.29 is 29.0 Å². The van der Waals surface area contributed by atoms with Gasteiger partial charge in [0.1, 0.15) is 12.9 Å². The predicted octanol–water partition coefficient (Wildman–Crippen LogP) is -0.000000000000000278. The molecule has 0 aromatic carbocycles. The van der Waals surface area contributed by atoms with Gasteiger partial charge in [-0.3, -0.25) is 9.59 Å². The summed E-state index contributed by atoms with van der Waals surface area (Å²) in [5.41, 5.74) is 0. The van der Waals surface area contributed by atoms with Gasteiger partial charge in [0.15, 0.2) is 0 Å². The van der Waals surface area contributed by atoms with Crippen LogP contribution in [0.4, 0.5) is 0 Å². The van der Waals surface area contributed by atoms with Gasteiger partial charge in [-0.25, -0.2) is 0 Å². The van der Waals surface area contributed by atoms with Crippen molar-refractivity contribution in [1.29, 1.82) is 0 Å². The van der Waals surface area contributed by atoms with Crippen LogP contribution in [-0.2, 0) is 23.9 Å². The molecule has 0 rings (SSSR count). The maximum Gasteiger partial charge on any atom is 0.306 e. The first-order chi connectivity index (χ1) is 7.16. The van der Waals surface area contributed by atoms with Crippen LogP contribution < -0.4 is 0 Å². The van der Waals surface area contributed by atoms with Gasteiger partial charge in [-0.1, -0.05) is 0 Å². The zero-order valence-electron chi connectivity index (χ0n) is 8.31. The largest absolute Gasteiger partial charge is 0.481 e. The SMILES string of the molecule is O=CCCC(=O)OCCOCCC(=O)O. The Kier molecular flexibility index (Phi) is 8.27. The van der Waals surface area contributed by atoms with Crippen LogP contribution in [0.5, 0.6) is 0 Å². The van der Waals surface area contributed by atoms with Gasteiger partial charge in [0, 0.05) is 6.42 Å². The highest BCUT2D eigenvalue weighted by molar-refractivity contribution is 5.72. The average molecular weight is 218 g/mol. The molecule has 0 heterocycles. The number of carboxylic acid groups (broad SMARTS) is 1. The molecule has 0 aromatic heterocycles. The van der Waals surface area contributed by atoms with Gasteiger partial charge >= 0.3 is 11.9 Å². The Morgan fingerprint density at radius 2 is 1.87 bits per heavy atom. The molecule has 1 N–H and O–H groups in total. The average Bonchev–Trinajstić information content (AvgIpc) is 2.19. The fourth-order valence-electron chi connectivity index (χ4n) is 0.725. The molecule has 0 bridgehead atoms. The van der Waals surface area contributed by atoms with E-state index in [1.54, 1.807) is 0 Å². The molecule has 6 nitrogen and oxygen atoms in total. The summed E-state index contributed by atoms with van der Waals surface area (Å²) in [6.07, 6.45) is 0.793. The molecule has 15 heavy (non-hydrogen) atoms. The summed E-state index contributed by atoms with van der Waals surface area (Å²) in [6, 6.07) is 0. The predicted molar refractivity (Wildman–Crippen MR) is 49.3 cm³/mol. The molecular weight excluding hydrogens is 204 g/mol. The van der Waals surface area contributed by atoms with Crippen LogP contribution in [0.2, 0.25) is 0 Å². The minimum atomic E-state index is -0.932. The molecule has 0 aromatic rings. The van der Waals surface area contributed by atoms with Crippen molar-refractivity contribution >= 4 is 18.2 Å². The summed E-state index contributed by atoms with van der Waals surface area (Å²) in [6.45, 7) is 0.346. The lowest BCUT2D eigenvalue weighted by Crippen LogP contribution is -2.12. The molecule has 0 aliphatic rings. The van der Waals surface area contributed by atoms with Crippen LogP contribution in [0.3, 0.4) is 0 Å². The summed E-state index contributed by atoms with van der Waals surface area (Å²) in [4.78, 5) is 30.8. The molecule has 0 saturated carbocycles. The first-order valence-electron chi connectivity index (χ1n) is 4.55. The van der Waals surface area contributed by atoms with Crippen molar-refractivity contribution in [2.24, 2.45) is 0 Å². The van der Waals surface area contributed by atoms with Crippen molar-refractivity contribution in [3.8, 4) is 0 Å². The van der Waals surface area contributed by atoms with Gasteiger partial charge < -0.3 is 19.4 Å². The van der Waals surface area contributed by atoms with Crippen LogP contribution >= 0.6 is 0 Å². The number of hydrogen-bond acceptors (Lipinski definition) is 5. The van der Waals surface area contributed by atoms with E-state index in [0.717, 1.165) is 0 Å². The number of carbonyl (C=O) groups is 3. The van der Waals surface area contributed by atoms with Crippen LogP contribution in [0.1, 0.15) is 19.3 Å². The molecule has 0 fully saturated rings. The number of hydrogen-bond donors (Lipinski definition) is 1. The molecule has 0 saturated heterocycles. The maximum atomic E-state index is 10.8. The fourth-order valence-corrected chi connectivity index (χ4v) is 0.725. The Bertz CT molecular complexity index is 213. The van der Waals surface area contributed by atoms with E-state index in [1.807, 2.05) is 0 Å². The molecule has 0 unspecified atom stereocenters. The first kappa shape index (κ1) is 13.6. The number of carbonyl (C=O) groups excluding carboxylic acids is 2. The van der Waals surface area contributed by atoms with Crippen LogP contribution in [0, 0.1) is 0 Å². The molecule has 0 aliphatic carbocycles. The van der Waals surface area contributed by atoms with E-state index in [1.165, 1.54) is 0 Å². The van der Waals surface area contributed by atoms with E-state index >= 15 is 0 Å². The second-order valence-corrected chi connectivity index (χ2v) is 2.68. The standard InChI is InChI=1S/C9H14O6/c10-4-1-2-9(13)15-7-6-14-5-3-8(11)12/h4H,1-3,5-7H2,(H,11,12). The maximum absolute atomic E-state index is 10.8. The van der Waals surface area contributed by atoms with Crippen LogP contribution in [0.25, 0.3) is 0 Å². The van der Waals surface area contributed by atoms with E-state index in [9.17, 15) is 14.4 Å². The van der Waals surface area contributed by atoms with Crippen LogP contribution in [0.15, 0.2) is 0 Å². The lowest BCUT2D eigenvalue weighted by atomic mass is 10.3. The zero-order chi connectivity index (χ0) is 11.5. The molecule has 0 radical (unpaired) electrons. The highest BCUT2D eigenvalue weighted by atomic mass is 16.6. The smallest absolute Gasteiger partial charge is 0.306 e. The van der Waals surface area contributed by atoms with E-state index in [-0.39, 0.29) is 39.1 Å². The summed E-state index contributed by atoms with van der Waals surface area (Å²) in [5, 5.41) is 8.26. The highest BCUT2D eigenvalue weighted by Crippen LogP contribution is 1.90. The molecule has 6 heteroatoms. The minimum absolute atomic E-state index is 0.0681. The lowest BCUT2D eigenvalue weighted by molar-refractivity contribution is -0.146. The summed E-state index contributed by atoms with van der Waals surface area (Å²) < 4.78 is 9.55. The molecule has 0 atom stereocenters. The van der Waals surface area contributed by atoms with Crippen molar-refractivity contribution in [2.45, 2.75) is 19.3 Å². The number of aliphatic carboxylic acids is 1. The monoisotopic (exact) mass is 218 g/mol. The Balaban J connectivity index is 3.19. The highest BCUT2D eigenvalue weighted by Gasteiger charge is 2.01. The van der Waals surface area contributed by atoms with Crippen molar-refractivity contribution in [1.82, 2.24) is 0 Å². The Hall–Kier alpha value is -1.43. The number of aldehydes is 1. The summed E-state index contributed by atoms with van der Waals surface area (Å²) >= 11 is 0.